The molecule has 0 aliphatic heterocycles. The molecule has 0 amide bonds. The van der Waals surface area contributed by atoms with E-state index in [9.17, 15) is 0 Å². The molecule has 0 saturated heterocycles. The zero-order chi connectivity index (χ0) is 13.4. The molecular weight excluding hydrogens is 310 g/mol. The minimum Gasteiger partial charge on any atom is -0.496 e. The number of hydrogen-bond acceptors (Lipinski definition) is 3. The molecule has 1 N–H and O–H groups in total. The molecule has 0 aliphatic rings. The molecule has 2 nitrogen and oxygen atoms in total. The third kappa shape index (κ3) is 5.21. The molecule has 0 aliphatic carbocycles. The van der Waals surface area contributed by atoms with Gasteiger partial charge in [-0.25, -0.2) is 0 Å². The lowest BCUT2D eigenvalue weighted by molar-refractivity contribution is 0.412. The van der Waals surface area contributed by atoms with Crippen molar-refractivity contribution in [3.63, 3.8) is 0 Å². The molecule has 1 unspecified atom stereocenters. The van der Waals surface area contributed by atoms with E-state index in [2.05, 4.69) is 47.2 Å². The highest BCUT2D eigenvalue weighted by molar-refractivity contribution is 9.10. The summed E-state index contributed by atoms with van der Waals surface area (Å²) in [5.74, 6) is 3.23. The van der Waals surface area contributed by atoms with Crippen LogP contribution in [-0.2, 0) is 6.42 Å². The van der Waals surface area contributed by atoms with Crippen LogP contribution in [0.2, 0.25) is 0 Å². The third-order valence-electron chi connectivity index (χ3n) is 2.71. The minimum atomic E-state index is 0.542. The van der Waals surface area contributed by atoms with Gasteiger partial charge in [-0.2, -0.15) is 11.8 Å². The monoisotopic (exact) mass is 331 g/mol. The second-order valence-corrected chi connectivity index (χ2v) is 6.26. The highest BCUT2D eigenvalue weighted by atomic mass is 79.9. The van der Waals surface area contributed by atoms with Gasteiger partial charge < -0.3 is 10.1 Å². The summed E-state index contributed by atoms with van der Waals surface area (Å²) in [6.07, 6.45) is 1.06. The van der Waals surface area contributed by atoms with Gasteiger partial charge in [0.2, 0.25) is 0 Å². The quantitative estimate of drug-likeness (QED) is 0.784. The maximum atomic E-state index is 5.25. The van der Waals surface area contributed by atoms with Crippen LogP contribution in [0.4, 0.5) is 0 Å². The van der Waals surface area contributed by atoms with Gasteiger partial charge in [0.1, 0.15) is 5.75 Å². The molecule has 1 atom stereocenters. The number of rotatable bonds is 8. The summed E-state index contributed by atoms with van der Waals surface area (Å²) >= 11 is 5.53. The van der Waals surface area contributed by atoms with E-state index in [0.29, 0.717) is 6.04 Å². The number of hydrogen-bond donors (Lipinski definition) is 1. The predicted octanol–water partition coefficient (Wildman–Crippen LogP) is 3.73. The van der Waals surface area contributed by atoms with Crippen LogP contribution in [-0.4, -0.2) is 31.2 Å². The van der Waals surface area contributed by atoms with Gasteiger partial charge in [0.05, 0.1) is 11.6 Å². The molecule has 1 aromatic rings. The van der Waals surface area contributed by atoms with Gasteiger partial charge in [-0.1, -0.05) is 19.9 Å². The first-order valence-corrected chi connectivity index (χ1v) is 8.29. The molecule has 0 radical (unpaired) electrons. The highest BCUT2D eigenvalue weighted by Crippen LogP contribution is 2.26. The average molecular weight is 332 g/mol. The molecular formula is C14H22BrNOS. The van der Waals surface area contributed by atoms with Crippen LogP contribution >= 0.6 is 27.7 Å². The fourth-order valence-electron chi connectivity index (χ4n) is 1.86. The van der Waals surface area contributed by atoms with Crippen LogP contribution in [0, 0.1) is 0 Å². The molecule has 0 heterocycles. The van der Waals surface area contributed by atoms with E-state index in [0.717, 1.165) is 28.9 Å². The van der Waals surface area contributed by atoms with Crippen molar-refractivity contribution in [3.05, 3.63) is 28.2 Å². The maximum absolute atomic E-state index is 5.25. The first-order chi connectivity index (χ1) is 8.71. The Kier molecular flexibility index (Phi) is 7.79. The van der Waals surface area contributed by atoms with E-state index < -0.39 is 0 Å². The standard InChI is InChI=1S/C14H22BrNOS/c1-4-16-12(10-18-5-2)8-11-6-7-14(17-3)13(15)9-11/h6-7,9,12,16H,4-5,8,10H2,1-3H3. The van der Waals surface area contributed by atoms with E-state index in [4.69, 9.17) is 4.74 Å². The largest absolute Gasteiger partial charge is 0.496 e. The summed E-state index contributed by atoms with van der Waals surface area (Å²) in [7, 11) is 1.69. The normalized spacial score (nSPS) is 12.4. The van der Waals surface area contributed by atoms with Crippen molar-refractivity contribution in [2.45, 2.75) is 26.3 Å². The van der Waals surface area contributed by atoms with Gasteiger partial charge in [-0.15, -0.1) is 0 Å². The molecule has 1 aromatic carbocycles. The molecule has 0 aromatic heterocycles. The zero-order valence-electron chi connectivity index (χ0n) is 11.3. The van der Waals surface area contributed by atoms with E-state index in [-0.39, 0.29) is 0 Å². The molecule has 0 bridgehead atoms. The Morgan fingerprint density at radius 1 is 1.39 bits per heavy atom. The Morgan fingerprint density at radius 3 is 2.72 bits per heavy atom. The van der Waals surface area contributed by atoms with Gasteiger partial charge in [0, 0.05) is 11.8 Å². The van der Waals surface area contributed by atoms with E-state index in [1.165, 1.54) is 11.3 Å². The van der Waals surface area contributed by atoms with Crippen molar-refractivity contribution in [2.24, 2.45) is 0 Å². The molecule has 0 saturated carbocycles. The van der Waals surface area contributed by atoms with Gasteiger partial charge in [-0.05, 0) is 52.3 Å². The highest BCUT2D eigenvalue weighted by Gasteiger charge is 2.09. The number of benzene rings is 1. The smallest absolute Gasteiger partial charge is 0.133 e. The Bertz CT molecular complexity index is 360. The molecule has 4 heteroatoms. The van der Waals surface area contributed by atoms with Crippen molar-refractivity contribution in [3.8, 4) is 5.75 Å². The summed E-state index contributed by atoms with van der Waals surface area (Å²) in [5, 5.41) is 3.55. The van der Waals surface area contributed by atoms with Gasteiger partial charge in [-0.3, -0.25) is 0 Å². The Morgan fingerprint density at radius 2 is 2.17 bits per heavy atom. The summed E-state index contributed by atoms with van der Waals surface area (Å²) in [6, 6.07) is 6.86. The lowest BCUT2D eigenvalue weighted by Gasteiger charge is -2.17. The summed E-state index contributed by atoms with van der Waals surface area (Å²) in [6.45, 7) is 5.39. The zero-order valence-corrected chi connectivity index (χ0v) is 13.7. The van der Waals surface area contributed by atoms with E-state index in [1.807, 2.05) is 17.8 Å². The van der Waals surface area contributed by atoms with Crippen molar-refractivity contribution in [2.75, 3.05) is 25.2 Å². The second kappa shape index (κ2) is 8.83. The summed E-state index contributed by atoms with van der Waals surface area (Å²) in [4.78, 5) is 0. The fraction of sp³-hybridized carbons (Fsp3) is 0.571. The molecule has 0 fully saturated rings. The van der Waals surface area contributed by atoms with Crippen LogP contribution in [0.1, 0.15) is 19.4 Å². The van der Waals surface area contributed by atoms with Crippen molar-refractivity contribution < 1.29 is 4.74 Å². The Balaban J connectivity index is 2.64. The van der Waals surface area contributed by atoms with Crippen LogP contribution in [0.5, 0.6) is 5.75 Å². The molecule has 18 heavy (non-hydrogen) atoms. The van der Waals surface area contributed by atoms with Crippen molar-refractivity contribution in [1.29, 1.82) is 0 Å². The van der Waals surface area contributed by atoms with Gasteiger partial charge in [0.15, 0.2) is 0 Å². The van der Waals surface area contributed by atoms with Crippen LogP contribution < -0.4 is 10.1 Å². The Labute approximate surface area is 123 Å². The molecule has 1 rings (SSSR count). The SMILES string of the molecule is CCNC(CSCC)Cc1ccc(OC)c(Br)c1. The minimum absolute atomic E-state index is 0.542. The lowest BCUT2D eigenvalue weighted by Crippen LogP contribution is -2.33. The second-order valence-electron chi connectivity index (χ2n) is 4.09. The number of methoxy groups -OCH3 is 1. The number of ether oxygens (including phenoxy) is 1. The van der Waals surface area contributed by atoms with Crippen LogP contribution in [0.25, 0.3) is 0 Å². The topological polar surface area (TPSA) is 21.3 Å². The third-order valence-corrected chi connectivity index (χ3v) is 4.38. The van der Waals surface area contributed by atoms with Crippen LogP contribution in [0.15, 0.2) is 22.7 Å². The van der Waals surface area contributed by atoms with E-state index >= 15 is 0 Å². The van der Waals surface area contributed by atoms with E-state index in [1.54, 1.807) is 7.11 Å². The van der Waals surface area contributed by atoms with Crippen molar-refractivity contribution >= 4 is 27.7 Å². The first-order valence-electron chi connectivity index (χ1n) is 6.34. The van der Waals surface area contributed by atoms with Crippen molar-refractivity contribution in [1.82, 2.24) is 5.32 Å². The average Bonchev–Trinajstić information content (AvgIpc) is 2.36. The maximum Gasteiger partial charge on any atom is 0.133 e. The van der Waals surface area contributed by atoms with Gasteiger partial charge >= 0.3 is 0 Å². The number of nitrogens with one attached hydrogen (secondary N) is 1. The molecule has 102 valence electrons. The first kappa shape index (κ1) is 15.9. The Hall–Kier alpha value is -0.190. The molecule has 0 spiro atoms. The summed E-state index contributed by atoms with van der Waals surface area (Å²) in [5.41, 5.74) is 1.34. The number of likely N-dealkylation sites (N-methyl/N-ethyl adjacent to an activating group) is 1. The lowest BCUT2D eigenvalue weighted by atomic mass is 10.1. The number of halogens is 1. The summed E-state index contributed by atoms with van der Waals surface area (Å²) < 4.78 is 6.28. The number of thioether (sulfide) groups is 1. The fourth-order valence-corrected chi connectivity index (χ4v) is 3.20. The predicted molar refractivity (Wildman–Crippen MR) is 84.9 cm³/mol. The van der Waals surface area contributed by atoms with Crippen LogP contribution in [0.3, 0.4) is 0 Å². The van der Waals surface area contributed by atoms with Gasteiger partial charge in [0.25, 0.3) is 0 Å².